The highest BCUT2D eigenvalue weighted by Crippen LogP contribution is 2.51. The number of ether oxygens (including phenoxy) is 1. The fraction of sp³-hybridized carbons (Fsp3) is 0.500. The largest absolute Gasteiger partial charge is 0.398 e. The zero-order valence-corrected chi connectivity index (χ0v) is 13.0. The molecule has 7 heteroatoms. The molecule has 0 amide bonds. The molecule has 2 atom stereocenters. The van der Waals surface area contributed by atoms with Crippen molar-refractivity contribution < 1.29 is 4.74 Å². The molecule has 0 bridgehead atoms. The van der Waals surface area contributed by atoms with Crippen LogP contribution in [0, 0.1) is 5.41 Å². The predicted molar refractivity (Wildman–Crippen MR) is 80.9 cm³/mol. The van der Waals surface area contributed by atoms with Crippen molar-refractivity contribution in [3.8, 4) is 11.4 Å². The van der Waals surface area contributed by atoms with Crippen molar-refractivity contribution in [1.29, 1.82) is 0 Å². The number of halogens is 1. The molecule has 3 rings (SSSR count). The Morgan fingerprint density at radius 2 is 2.19 bits per heavy atom. The summed E-state index contributed by atoms with van der Waals surface area (Å²) in [6.07, 6.45) is 1.08. The predicted octanol–water partition coefficient (Wildman–Crippen LogP) is 2.56. The zero-order chi connectivity index (χ0) is 15.2. The van der Waals surface area contributed by atoms with Crippen molar-refractivity contribution in [1.82, 2.24) is 20.2 Å². The minimum atomic E-state index is -0.0360. The zero-order valence-electron chi connectivity index (χ0n) is 12.2. The smallest absolute Gasteiger partial charge is 0.183 e. The van der Waals surface area contributed by atoms with E-state index in [1.807, 2.05) is 16.8 Å². The normalized spacial score (nSPS) is 23.8. The molecular weight excluding hydrogens is 290 g/mol. The van der Waals surface area contributed by atoms with Crippen molar-refractivity contribution in [2.24, 2.45) is 5.41 Å². The molecule has 1 saturated carbocycles. The van der Waals surface area contributed by atoms with Crippen molar-refractivity contribution in [3.63, 3.8) is 0 Å². The van der Waals surface area contributed by atoms with Gasteiger partial charge in [-0.1, -0.05) is 31.5 Å². The Morgan fingerprint density at radius 1 is 1.43 bits per heavy atom. The number of nitrogens with zero attached hydrogens (tertiary/aromatic N) is 4. The van der Waals surface area contributed by atoms with Gasteiger partial charge in [0.2, 0.25) is 0 Å². The topological polar surface area (TPSA) is 78.8 Å². The summed E-state index contributed by atoms with van der Waals surface area (Å²) in [5, 5.41) is 12.6. The maximum absolute atomic E-state index is 6.29. The van der Waals surface area contributed by atoms with Crippen LogP contribution in [0.15, 0.2) is 18.2 Å². The number of tetrazole rings is 1. The molecule has 1 aromatic heterocycles. The number of nitrogens with two attached hydrogens (primary N) is 1. The summed E-state index contributed by atoms with van der Waals surface area (Å²) < 4.78 is 7.32. The molecule has 21 heavy (non-hydrogen) atoms. The summed E-state index contributed by atoms with van der Waals surface area (Å²) in [6.45, 7) is 4.31. The van der Waals surface area contributed by atoms with Gasteiger partial charge in [-0.15, -0.1) is 5.10 Å². The number of nitrogen functional groups attached to an aromatic ring is 1. The Balaban J connectivity index is 2.01. The van der Waals surface area contributed by atoms with E-state index in [0.717, 1.165) is 12.0 Å². The Hall–Kier alpha value is -1.66. The van der Waals surface area contributed by atoms with Gasteiger partial charge in [0.15, 0.2) is 5.82 Å². The lowest BCUT2D eigenvalue weighted by Gasteiger charge is -2.50. The van der Waals surface area contributed by atoms with Crippen LogP contribution < -0.4 is 5.73 Å². The first kappa shape index (κ1) is 14.3. The Labute approximate surface area is 128 Å². The van der Waals surface area contributed by atoms with E-state index >= 15 is 0 Å². The molecule has 0 saturated heterocycles. The van der Waals surface area contributed by atoms with Gasteiger partial charge in [-0.3, -0.25) is 0 Å². The van der Waals surface area contributed by atoms with Crippen LogP contribution in [0.25, 0.3) is 11.4 Å². The fourth-order valence-electron chi connectivity index (χ4n) is 2.98. The Morgan fingerprint density at radius 3 is 2.86 bits per heavy atom. The summed E-state index contributed by atoms with van der Waals surface area (Å²) >= 11 is 6.29. The van der Waals surface area contributed by atoms with Crippen LogP contribution in [0.2, 0.25) is 5.02 Å². The lowest BCUT2D eigenvalue weighted by molar-refractivity contribution is -0.116. The van der Waals surface area contributed by atoms with Crippen LogP contribution in [-0.4, -0.2) is 33.4 Å². The van der Waals surface area contributed by atoms with Gasteiger partial charge in [0.25, 0.3) is 0 Å². The summed E-state index contributed by atoms with van der Waals surface area (Å²) in [5.41, 5.74) is 7.10. The molecule has 0 radical (unpaired) electrons. The average Bonchev–Trinajstić information content (AvgIpc) is 2.90. The summed E-state index contributed by atoms with van der Waals surface area (Å²) in [7, 11) is 1.73. The molecule has 1 heterocycles. The molecule has 0 spiro atoms. The summed E-state index contributed by atoms with van der Waals surface area (Å²) in [5.74, 6) is 0.639. The summed E-state index contributed by atoms with van der Waals surface area (Å²) in [6, 6.07) is 5.65. The third-order valence-corrected chi connectivity index (χ3v) is 4.89. The van der Waals surface area contributed by atoms with Crippen LogP contribution in [0.3, 0.4) is 0 Å². The highest BCUT2D eigenvalue weighted by atomic mass is 35.5. The Bertz CT molecular complexity index is 669. The van der Waals surface area contributed by atoms with Crippen LogP contribution in [0.1, 0.15) is 26.3 Å². The molecule has 2 unspecified atom stereocenters. The van der Waals surface area contributed by atoms with Gasteiger partial charge in [0.05, 0.1) is 22.9 Å². The second kappa shape index (κ2) is 4.96. The highest BCUT2D eigenvalue weighted by Gasteiger charge is 2.51. The van der Waals surface area contributed by atoms with E-state index in [9.17, 15) is 0 Å². The third-order valence-electron chi connectivity index (χ3n) is 4.47. The van der Waals surface area contributed by atoms with Gasteiger partial charge in [-0.25, -0.2) is 4.68 Å². The van der Waals surface area contributed by atoms with Crippen LogP contribution in [0.4, 0.5) is 5.69 Å². The van der Waals surface area contributed by atoms with Gasteiger partial charge < -0.3 is 10.5 Å². The minimum absolute atomic E-state index is 0.0360. The van der Waals surface area contributed by atoms with Crippen molar-refractivity contribution >= 4 is 17.3 Å². The van der Waals surface area contributed by atoms with Gasteiger partial charge in [0.1, 0.15) is 0 Å². The van der Waals surface area contributed by atoms with E-state index in [-0.39, 0.29) is 17.6 Å². The lowest BCUT2D eigenvalue weighted by atomic mass is 9.64. The molecule has 112 valence electrons. The molecule has 2 N–H and O–H groups in total. The number of rotatable bonds is 3. The van der Waals surface area contributed by atoms with Crippen LogP contribution in [0.5, 0.6) is 0 Å². The average molecular weight is 308 g/mol. The van der Waals surface area contributed by atoms with E-state index in [2.05, 4.69) is 29.4 Å². The first-order valence-corrected chi connectivity index (χ1v) is 7.19. The van der Waals surface area contributed by atoms with Gasteiger partial charge in [-0.2, -0.15) is 0 Å². The van der Waals surface area contributed by atoms with Gasteiger partial charge in [0, 0.05) is 18.1 Å². The maximum atomic E-state index is 6.29. The SMILES string of the molecule is COC1CC(n2nnnc2-c2cccc(N)c2Cl)C1(C)C. The van der Waals surface area contributed by atoms with E-state index in [1.165, 1.54) is 0 Å². The molecule has 0 aliphatic heterocycles. The van der Waals surface area contributed by atoms with Crippen molar-refractivity contribution in [3.05, 3.63) is 23.2 Å². The second-order valence-corrected chi connectivity index (χ2v) is 6.33. The molecule has 1 aromatic carbocycles. The standard InChI is InChI=1S/C14H18ClN5O/c1-14(2)10(7-11(14)21-3)20-13(17-18-19-20)8-5-4-6-9(16)12(8)15/h4-6,10-11H,7,16H2,1-3H3. The number of hydrogen-bond donors (Lipinski definition) is 1. The minimum Gasteiger partial charge on any atom is -0.398 e. The van der Waals surface area contributed by atoms with Crippen LogP contribution in [-0.2, 0) is 4.74 Å². The second-order valence-electron chi connectivity index (χ2n) is 5.95. The molecule has 6 nitrogen and oxygen atoms in total. The van der Waals surface area contributed by atoms with Crippen LogP contribution >= 0.6 is 11.6 Å². The Kier molecular flexibility index (Phi) is 3.37. The molecule has 1 aliphatic carbocycles. The van der Waals surface area contributed by atoms with Crippen molar-refractivity contribution in [2.75, 3.05) is 12.8 Å². The van der Waals surface area contributed by atoms with Gasteiger partial charge in [-0.05, 0) is 29.0 Å². The van der Waals surface area contributed by atoms with E-state index in [0.29, 0.717) is 16.5 Å². The molecule has 1 aliphatic rings. The fourth-order valence-corrected chi connectivity index (χ4v) is 3.19. The first-order chi connectivity index (χ1) is 9.96. The maximum Gasteiger partial charge on any atom is 0.183 e. The third kappa shape index (κ3) is 2.10. The molecule has 2 aromatic rings. The molecule has 1 fully saturated rings. The number of benzene rings is 1. The highest BCUT2D eigenvalue weighted by molar-refractivity contribution is 6.35. The monoisotopic (exact) mass is 307 g/mol. The number of methoxy groups -OCH3 is 1. The number of aromatic nitrogens is 4. The number of anilines is 1. The first-order valence-electron chi connectivity index (χ1n) is 6.81. The summed E-state index contributed by atoms with van der Waals surface area (Å²) in [4.78, 5) is 0. The van der Waals surface area contributed by atoms with Crippen molar-refractivity contribution in [2.45, 2.75) is 32.4 Å². The quantitative estimate of drug-likeness (QED) is 0.882. The number of hydrogen-bond acceptors (Lipinski definition) is 5. The van der Waals surface area contributed by atoms with E-state index in [4.69, 9.17) is 22.1 Å². The molecular formula is C14H18ClN5O. The van der Waals surface area contributed by atoms with E-state index in [1.54, 1.807) is 13.2 Å². The lowest BCUT2D eigenvalue weighted by Crippen LogP contribution is -2.51. The van der Waals surface area contributed by atoms with Gasteiger partial charge >= 0.3 is 0 Å². The van der Waals surface area contributed by atoms with E-state index < -0.39 is 0 Å².